The lowest BCUT2D eigenvalue weighted by atomic mass is 10.1. The highest BCUT2D eigenvalue weighted by Gasteiger charge is 2.19. The Morgan fingerprint density at radius 2 is 1.75 bits per heavy atom. The van der Waals surface area contributed by atoms with Crippen molar-refractivity contribution in [2.75, 3.05) is 5.32 Å². The van der Waals surface area contributed by atoms with Crippen LogP contribution in [-0.4, -0.2) is 25.7 Å². The number of fused-ring (bicyclic) bond motifs is 1. The number of carbonyl (C=O) groups excluding carboxylic acids is 1. The molecule has 0 saturated heterocycles. The topological polar surface area (TPSA) is 95.6 Å². The van der Waals surface area contributed by atoms with Crippen LogP contribution in [0.4, 0.5) is 5.69 Å². The Bertz CT molecular complexity index is 1230. The fourth-order valence-corrected chi connectivity index (χ4v) is 3.35. The highest BCUT2D eigenvalue weighted by atomic mass is 16.2. The number of nitrogens with one attached hydrogen (secondary N) is 3. The molecule has 0 aliphatic rings. The minimum absolute atomic E-state index is 0.220. The molecule has 0 atom stereocenters. The molecule has 0 aliphatic carbocycles. The van der Waals surface area contributed by atoms with E-state index in [-0.39, 0.29) is 11.6 Å². The Labute approximate surface area is 161 Å². The predicted molar refractivity (Wildman–Crippen MR) is 109 cm³/mol. The van der Waals surface area contributed by atoms with E-state index in [1.807, 2.05) is 18.5 Å². The summed E-state index contributed by atoms with van der Waals surface area (Å²) in [6.45, 7) is 6.39. The van der Waals surface area contributed by atoms with Crippen molar-refractivity contribution in [2.24, 2.45) is 0 Å². The van der Waals surface area contributed by atoms with Gasteiger partial charge in [-0.2, -0.15) is 5.10 Å². The lowest BCUT2D eigenvalue weighted by Gasteiger charge is -2.07. The first-order valence-electron chi connectivity index (χ1n) is 9.03. The van der Waals surface area contributed by atoms with Gasteiger partial charge in [0.25, 0.3) is 5.91 Å². The van der Waals surface area contributed by atoms with Crippen molar-refractivity contribution in [1.29, 1.82) is 0 Å². The number of aromatic nitrogens is 4. The lowest BCUT2D eigenvalue weighted by molar-refractivity contribution is 0.102. The summed E-state index contributed by atoms with van der Waals surface area (Å²) in [5, 5.41) is 7.44. The largest absolute Gasteiger partial charge is 0.323 e. The van der Waals surface area contributed by atoms with Crippen molar-refractivity contribution >= 4 is 22.6 Å². The number of benzene rings is 2. The summed E-state index contributed by atoms with van der Waals surface area (Å²) in [4.78, 5) is 29.6. The molecule has 3 N–H and O–H groups in total. The van der Waals surface area contributed by atoms with Gasteiger partial charge in [-0.3, -0.25) is 9.48 Å². The SMILES string of the molecule is Cc1ccc(Cn2nc(C)c(C(=O)Nc3ccc4[nH]c(=O)[nH]c4c3)c2C)cc1. The van der Waals surface area contributed by atoms with E-state index in [4.69, 9.17) is 0 Å². The van der Waals surface area contributed by atoms with E-state index >= 15 is 0 Å². The molecule has 7 nitrogen and oxygen atoms in total. The van der Waals surface area contributed by atoms with Gasteiger partial charge in [0.2, 0.25) is 0 Å². The van der Waals surface area contributed by atoms with Crippen LogP contribution in [0.15, 0.2) is 47.3 Å². The predicted octanol–water partition coefficient (Wildman–Crippen LogP) is 3.28. The Morgan fingerprint density at radius 3 is 2.50 bits per heavy atom. The smallest absolute Gasteiger partial charge is 0.322 e. The van der Waals surface area contributed by atoms with Crippen molar-refractivity contribution in [3.05, 3.63) is 81.0 Å². The van der Waals surface area contributed by atoms with Crippen LogP contribution in [0, 0.1) is 20.8 Å². The van der Waals surface area contributed by atoms with Gasteiger partial charge < -0.3 is 15.3 Å². The molecule has 142 valence electrons. The third-order valence-electron chi connectivity index (χ3n) is 4.84. The maximum absolute atomic E-state index is 12.9. The normalized spacial score (nSPS) is 11.1. The molecule has 0 aliphatic heterocycles. The first-order valence-corrected chi connectivity index (χ1v) is 9.03. The highest BCUT2D eigenvalue weighted by molar-refractivity contribution is 6.06. The number of nitrogens with zero attached hydrogens (tertiary/aromatic N) is 2. The molecule has 0 saturated carbocycles. The number of aromatic amines is 2. The third kappa shape index (κ3) is 3.34. The lowest BCUT2D eigenvalue weighted by Crippen LogP contribution is -2.14. The van der Waals surface area contributed by atoms with Crippen LogP contribution in [0.25, 0.3) is 11.0 Å². The van der Waals surface area contributed by atoms with E-state index < -0.39 is 0 Å². The average molecular weight is 375 g/mol. The molecule has 4 aromatic rings. The van der Waals surface area contributed by atoms with E-state index in [0.717, 1.165) is 11.3 Å². The number of amides is 1. The summed E-state index contributed by atoms with van der Waals surface area (Å²) in [7, 11) is 0. The summed E-state index contributed by atoms with van der Waals surface area (Å²) in [5.74, 6) is -0.220. The van der Waals surface area contributed by atoms with Crippen LogP contribution in [0.5, 0.6) is 0 Å². The van der Waals surface area contributed by atoms with Crippen LogP contribution in [0.3, 0.4) is 0 Å². The quantitative estimate of drug-likeness (QED) is 0.511. The van der Waals surface area contributed by atoms with Gasteiger partial charge in [0.1, 0.15) is 0 Å². The van der Waals surface area contributed by atoms with Gasteiger partial charge >= 0.3 is 5.69 Å². The monoisotopic (exact) mass is 375 g/mol. The molecular weight excluding hydrogens is 354 g/mol. The molecule has 2 aromatic heterocycles. The van der Waals surface area contributed by atoms with Crippen molar-refractivity contribution in [3.63, 3.8) is 0 Å². The second kappa shape index (κ2) is 6.84. The van der Waals surface area contributed by atoms with Crippen LogP contribution in [0.2, 0.25) is 0 Å². The molecule has 28 heavy (non-hydrogen) atoms. The van der Waals surface area contributed by atoms with Crippen molar-refractivity contribution in [2.45, 2.75) is 27.3 Å². The molecule has 0 bridgehead atoms. The van der Waals surface area contributed by atoms with Gasteiger partial charge in [0.05, 0.1) is 28.8 Å². The molecule has 0 fully saturated rings. The Kier molecular flexibility index (Phi) is 4.35. The third-order valence-corrected chi connectivity index (χ3v) is 4.84. The first-order chi connectivity index (χ1) is 13.4. The number of rotatable bonds is 4. The summed E-state index contributed by atoms with van der Waals surface area (Å²) < 4.78 is 1.85. The Hall–Kier alpha value is -3.61. The number of aryl methyl sites for hydroxylation is 2. The van der Waals surface area contributed by atoms with Gasteiger partial charge in [0.15, 0.2) is 0 Å². The van der Waals surface area contributed by atoms with Crippen molar-refractivity contribution < 1.29 is 4.79 Å². The molecule has 2 heterocycles. The van der Waals surface area contributed by atoms with Gasteiger partial charge in [-0.05, 0) is 44.5 Å². The molecule has 7 heteroatoms. The van der Waals surface area contributed by atoms with Crippen LogP contribution < -0.4 is 11.0 Å². The zero-order valence-electron chi connectivity index (χ0n) is 16.0. The molecular formula is C21H21N5O2. The van der Waals surface area contributed by atoms with Gasteiger partial charge in [-0.25, -0.2) is 4.79 Å². The van der Waals surface area contributed by atoms with E-state index in [0.29, 0.717) is 34.5 Å². The van der Waals surface area contributed by atoms with Crippen LogP contribution in [-0.2, 0) is 6.54 Å². The van der Waals surface area contributed by atoms with Gasteiger partial charge in [-0.1, -0.05) is 29.8 Å². The molecule has 1 amide bonds. The summed E-state index contributed by atoms with van der Waals surface area (Å²) in [6.07, 6.45) is 0. The Balaban J connectivity index is 1.58. The van der Waals surface area contributed by atoms with Crippen molar-refractivity contribution in [1.82, 2.24) is 19.7 Å². The highest BCUT2D eigenvalue weighted by Crippen LogP contribution is 2.19. The van der Waals surface area contributed by atoms with Gasteiger partial charge in [0, 0.05) is 11.4 Å². The number of imidazole rings is 1. The number of carbonyl (C=O) groups is 1. The summed E-state index contributed by atoms with van der Waals surface area (Å²) >= 11 is 0. The van der Waals surface area contributed by atoms with E-state index in [1.54, 1.807) is 18.2 Å². The fraction of sp³-hybridized carbons (Fsp3) is 0.190. The molecule has 0 radical (unpaired) electrons. The molecule has 4 rings (SSSR count). The second-order valence-corrected chi connectivity index (χ2v) is 6.98. The standard InChI is InChI=1S/C21H21N5O2/c1-12-4-6-15(7-5-12)11-26-14(3)19(13(2)25-26)20(27)22-16-8-9-17-18(10-16)24-21(28)23-17/h4-10H,11H2,1-3H3,(H,22,27)(H2,23,24,28). The molecule has 0 spiro atoms. The second-order valence-electron chi connectivity index (χ2n) is 6.98. The van der Waals surface area contributed by atoms with Crippen LogP contribution in [0.1, 0.15) is 32.9 Å². The van der Waals surface area contributed by atoms with Crippen molar-refractivity contribution in [3.8, 4) is 0 Å². The average Bonchev–Trinajstić information content (AvgIpc) is 3.15. The van der Waals surface area contributed by atoms with Gasteiger partial charge in [-0.15, -0.1) is 0 Å². The minimum Gasteiger partial charge on any atom is -0.322 e. The number of hydrogen-bond donors (Lipinski definition) is 3. The van der Waals surface area contributed by atoms with E-state index in [9.17, 15) is 9.59 Å². The summed E-state index contributed by atoms with van der Waals surface area (Å²) in [6, 6.07) is 13.5. The minimum atomic E-state index is -0.275. The number of hydrogen-bond acceptors (Lipinski definition) is 3. The number of anilines is 1. The maximum Gasteiger partial charge on any atom is 0.323 e. The first kappa shape index (κ1) is 17.8. The maximum atomic E-state index is 12.9. The van der Waals surface area contributed by atoms with E-state index in [2.05, 4.69) is 51.6 Å². The molecule has 2 aromatic carbocycles. The molecule has 0 unspecified atom stereocenters. The van der Waals surface area contributed by atoms with Crippen LogP contribution >= 0.6 is 0 Å². The fourth-order valence-electron chi connectivity index (χ4n) is 3.35. The summed E-state index contributed by atoms with van der Waals surface area (Å²) in [5.41, 5.74) is 6.07. The zero-order valence-corrected chi connectivity index (χ0v) is 16.0. The van der Waals surface area contributed by atoms with E-state index in [1.165, 1.54) is 5.56 Å². The number of H-pyrrole nitrogens is 2. The Morgan fingerprint density at radius 1 is 1.04 bits per heavy atom. The zero-order chi connectivity index (χ0) is 19.8.